The Morgan fingerprint density at radius 1 is 1.00 bits per heavy atom. The SMILES string of the molecule is O=C(CN1CCN(C2CCNC2)CC1)NC1CCCCCC1. The van der Waals surface area contributed by atoms with E-state index >= 15 is 0 Å². The minimum atomic E-state index is 0.239. The predicted octanol–water partition coefficient (Wildman–Crippen LogP) is 0.805. The van der Waals surface area contributed by atoms with Gasteiger partial charge in [0.15, 0.2) is 0 Å². The highest BCUT2D eigenvalue weighted by molar-refractivity contribution is 5.78. The van der Waals surface area contributed by atoms with Crippen molar-refractivity contribution in [1.82, 2.24) is 20.4 Å². The van der Waals surface area contributed by atoms with Crippen LogP contribution in [-0.4, -0.2) is 73.6 Å². The van der Waals surface area contributed by atoms with E-state index in [1.807, 2.05) is 0 Å². The van der Waals surface area contributed by atoms with Gasteiger partial charge in [-0.25, -0.2) is 0 Å². The van der Waals surface area contributed by atoms with Gasteiger partial charge in [-0.2, -0.15) is 0 Å². The fraction of sp³-hybridized carbons (Fsp3) is 0.941. The molecule has 1 unspecified atom stereocenters. The van der Waals surface area contributed by atoms with Gasteiger partial charge in [-0.15, -0.1) is 0 Å². The Kier molecular flexibility index (Phi) is 6.10. The summed E-state index contributed by atoms with van der Waals surface area (Å²) < 4.78 is 0. The zero-order valence-electron chi connectivity index (χ0n) is 13.9. The maximum absolute atomic E-state index is 12.3. The monoisotopic (exact) mass is 308 g/mol. The zero-order chi connectivity index (χ0) is 15.2. The van der Waals surface area contributed by atoms with Crippen LogP contribution in [0.5, 0.6) is 0 Å². The molecule has 0 aromatic carbocycles. The molecule has 0 radical (unpaired) electrons. The number of piperazine rings is 1. The summed E-state index contributed by atoms with van der Waals surface area (Å²) in [4.78, 5) is 17.2. The Hall–Kier alpha value is -0.650. The molecule has 5 heteroatoms. The number of carbonyl (C=O) groups is 1. The molecule has 22 heavy (non-hydrogen) atoms. The fourth-order valence-electron chi connectivity index (χ4n) is 4.14. The van der Waals surface area contributed by atoms with Gasteiger partial charge in [-0.3, -0.25) is 14.6 Å². The van der Waals surface area contributed by atoms with Crippen LogP contribution in [0.3, 0.4) is 0 Å². The lowest BCUT2D eigenvalue weighted by Gasteiger charge is -2.37. The summed E-state index contributed by atoms with van der Waals surface area (Å²) in [5.74, 6) is 0.239. The molecule has 0 aromatic heterocycles. The van der Waals surface area contributed by atoms with E-state index in [1.54, 1.807) is 0 Å². The van der Waals surface area contributed by atoms with Crippen molar-refractivity contribution in [3.05, 3.63) is 0 Å². The third-order valence-electron chi connectivity index (χ3n) is 5.55. The highest BCUT2D eigenvalue weighted by Gasteiger charge is 2.26. The van der Waals surface area contributed by atoms with Gasteiger partial charge in [0.05, 0.1) is 6.54 Å². The van der Waals surface area contributed by atoms with E-state index in [2.05, 4.69) is 20.4 Å². The van der Waals surface area contributed by atoms with Crippen LogP contribution in [0.15, 0.2) is 0 Å². The van der Waals surface area contributed by atoms with Crippen LogP contribution in [-0.2, 0) is 4.79 Å². The third kappa shape index (κ3) is 4.67. The topological polar surface area (TPSA) is 47.6 Å². The van der Waals surface area contributed by atoms with Gasteiger partial charge in [0.2, 0.25) is 5.91 Å². The van der Waals surface area contributed by atoms with Crippen molar-refractivity contribution in [1.29, 1.82) is 0 Å². The van der Waals surface area contributed by atoms with E-state index in [4.69, 9.17) is 0 Å². The number of hydrogen-bond acceptors (Lipinski definition) is 4. The quantitative estimate of drug-likeness (QED) is 0.755. The highest BCUT2D eigenvalue weighted by atomic mass is 16.2. The van der Waals surface area contributed by atoms with Crippen LogP contribution in [0.2, 0.25) is 0 Å². The summed E-state index contributed by atoms with van der Waals surface area (Å²) in [6, 6.07) is 1.16. The molecule has 0 bridgehead atoms. The van der Waals surface area contributed by atoms with E-state index in [0.29, 0.717) is 12.6 Å². The van der Waals surface area contributed by atoms with Crippen LogP contribution in [0.25, 0.3) is 0 Å². The molecule has 2 aliphatic heterocycles. The third-order valence-corrected chi connectivity index (χ3v) is 5.55. The van der Waals surface area contributed by atoms with Gasteiger partial charge in [0.1, 0.15) is 0 Å². The van der Waals surface area contributed by atoms with E-state index in [1.165, 1.54) is 44.9 Å². The summed E-state index contributed by atoms with van der Waals surface area (Å²) in [5, 5.41) is 6.71. The highest BCUT2D eigenvalue weighted by Crippen LogP contribution is 2.17. The second kappa shape index (κ2) is 8.27. The molecule has 1 aliphatic carbocycles. The van der Waals surface area contributed by atoms with Crippen molar-refractivity contribution in [2.75, 3.05) is 45.8 Å². The standard InChI is InChI=1S/C17H32N4O/c22-17(19-15-5-3-1-2-4-6-15)14-20-9-11-21(12-10-20)16-7-8-18-13-16/h15-16,18H,1-14H2,(H,19,22). The smallest absolute Gasteiger partial charge is 0.234 e. The first kappa shape index (κ1) is 16.2. The molecule has 2 N–H and O–H groups in total. The lowest BCUT2D eigenvalue weighted by Crippen LogP contribution is -2.53. The maximum atomic E-state index is 12.3. The number of rotatable bonds is 4. The average Bonchev–Trinajstić information content (AvgIpc) is 2.94. The molecular formula is C17H32N4O. The minimum Gasteiger partial charge on any atom is -0.352 e. The van der Waals surface area contributed by atoms with Crippen molar-refractivity contribution >= 4 is 5.91 Å². The first-order valence-corrected chi connectivity index (χ1v) is 9.28. The second-order valence-corrected chi connectivity index (χ2v) is 7.21. The molecule has 0 aromatic rings. The van der Waals surface area contributed by atoms with E-state index < -0.39 is 0 Å². The summed E-state index contributed by atoms with van der Waals surface area (Å²) in [7, 11) is 0. The number of nitrogens with one attached hydrogen (secondary N) is 2. The van der Waals surface area contributed by atoms with Crippen LogP contribution < -0.4 is 10.6 Å². The molecule has 5 nitrogen and oxygen atoms in total. The van der Waals surface area contributed by atoms with Gasteiger partial charge >= 0.3 is 0 Å². The van der Waals surface area contributed by atoms with Crippen LogP contribution in [0.1, 0.15) is 44.9 Å². The average molecular weight is 308 g/mol. The summed E-state index contributed by atoms with van der Waals surface area (Å²) >= 11 is 0. The van der Waals surface area contributed by atoms with Gasteiger partial charge in [-0.1, -0.05) is 25.7 Å². The normalized spacial score (nSPS) is 29.4. The molecule has 3 rings (SSSR count). The molecular weight excluding hydrogens is 276 g/mol. The number of carbonyl (C=O) groups excluding carboxylic acids is 1. The van der Waals surface area contributed by atoms with Gasteiger partial charge in [0.25, 0.3) is 0 Å². The summed E-state index contributed by atoms with van der Waals surface area (Å²) in [6.07, 6.45) is 8.86. The van der Waals surface area contributed by atoms with Crippen LogP contribution in [0, 0.1) is 0 Å². The Balaban J connectivity index is 1.35. The van der Waals surface area contributed by atoms with Gasteiger partial charge in [-0.05, 0) is 25.8 Å². The Morgan fingerprint density at radius 2 is 1.73 bits per heavy atom. The number of amides is 1. The van der Waals surface area contributed by atoms with Crippen molar-refractivity contribution < 1.29 is 4.79 Å². The minimum absolute atomic E-state index is 0.239. The molecule has 0 spiro atoms. The molecule has 1 saturated carbocycles. The lowest BCUT2D eigenvalue weighted by molar-refractivity contribution is -0.123. The predicted molar refractivity (Wildman–Crippen MR) is 88.9 cm³/mol. The van der Waals surface area contributed by atoms with Crippen LogP contribution in [0.4, 0.5) is 0 Å². The van der Waals surface area contributed by atoms with Crippen molar-refractivity contribution in [3.8, 4) is 0 Å². The Labute approximate surface area is 134 Å². The zero-order valence-corrected chi connectivity index (χ0v) is 13.9. The summed E-state index contributed by atoms with van der Waals surface area (Å²) in [6.45, 7) is 7.19. The van der Waals surface area contributed by atoms with E-state index in [9.17, 15) is 4.79 Å². The molecule has 2 saturated heterocycles. The number of hydrogen-bond donors (Lipinski definition) is 2. The largest absolute Gasteiger partial charge is 0.352 e. The first-order valence-electron chi connectivity index (χ1n) is 9.28. The molecule has 126 valence electrons. The van der Waals surface area contributed by atoms with Crippen molar-refractivity contribution in [2.24, 2.45) is 0 Å². The van der Waals surface area contributed by atoms with Gasteiger partial charge in [0, 0.05) is 44.8 Å². The second-order valence-electron chi connectivity index (χ2n) is 7.21. The fourth-order valence-corrected chi connectivity index (χ4v) is 4.14. The maximum Gasteiger partial charge on any atom is 0.234 e. The Bertz CT molecular complexity index is 341. The van der Waals surface area contributed by atoms with Gasteiger partial charge < -0.3 is 10.6 Å². The van der Waals surface area contributed by atoms with E-state index in [-0.39, 0.29) is 5.91 Å². The Morgan fingerprint density at radius 3 is 2.36 bits per heavy atom. The van der Waals surface area contributed by atoms with Crippen molar-refractivity contribution in [3.63, 3.8) is 0 Å². The molecule has 1 amide bonds. The van der Waals surface area contributed by atoms with E-state index in [0.717, 1.165) is 45.3 Å². The number of nitrogens with zero attached hydrogens (tertiary/aromatic N) is 2. The lowest BCUT2D eigenvalue weighted by atomic mass is 10.1. The summed E-state index contributed by atoms with van der Waals surface area (Å²) in [5.41, 5.74) is 0. The molecule has 2 heterocycles. The first-order chi connectivity index (χ1) is 10.8. The van der Waals surface area contributed by atoms with Crippen LogP contribution >= 0.6 is 0 Å². The molecule has 1 atom stereocenters. The van der Waals surface area contributed by atoms with Crippen molar-refractivity contribution in [2.45, 2.75) is 57.0 Å². The molecule has 3 aliphatic rings. The molecule has 3 fully saturated rings.